The Balaban J connectivity index is 2.17. The van der Waals surface area contributed by atoms with Gasteiger partial charge in [-0.05, 0) is 23.8 Å². The van der Waals surface area contributed by atoms with E-state index in [0.717, 1.165) is 4.47 Å². The minimum absolute atomic E-state index is 0.164. The molecule has 0 amide bonds. The third-order valence-electron chi connectivity index (χ3n) is 2.20. The number of nitrogens with one attached hydrogen (secondary N) is 1. The summed E-state index contributed by atoms with van der Waals surface area (Å²) in [6, 6.07) is 4.61. The zero-order valence-corrected chi connectivity index (χ0v) is 9.78. The van der Waals surface area contributed by atoms with E-state index < -0.39 is 6.10 Å². The molecule has 0 aliphatic carbocycles. The average Bonchev–Trinajstić information content (AvgIpc) is 2.76. The molecule has 0 spiro atoms. The highest BCUT2D eigenvalue weighted by atomic mass is 79.9. The van der Waals surface area contributed by atoms with Crippen molar-refractivity contribution in [2.24, 2.45) is 0 Å². The van der Waals surface area contributed by atoms with Crippen LogP contribution in [0.5, 0.6) is 0 Å². The molecule has 0 fully saturated rings. The number of aromatic nitrogens is 3. The van der Waals surface area contributed by atoms with Crippen LogP contribution in [-0.2, 0) is 6.42 Å². The first-order valence-electron chi connectivity index (χ1n) is 4.64. The fourth-order valence-corrected chi connectivity index (χ4v) is 1.79. The van der Waals surface area contributed by atoms with E-state index >= 15 is 0 Å². The van der Waals surface area contributed by atoms with Gasteiger partial charge in [-0.25, -0.2) is 4.39 Å². The Morgan fingerprint density at radius 1 is 1.50 bits per heavy atom. The number of hydrogen-bond acceptors (Lipinski definition) is 3. The van der Waals surface area contributed by atoms with Gasteiger partial charge in [-0.15, -0.1) is 0 Å². The number of rotatable bonds is 3. The van der Waals surface area contributed by atoms with Gasteiger partial charge in [-0.2, -0.15) is 15.4 Å². The summed E-state index contributed by atoms with van der Waals surface area (Å²) >= 11 is 3.25. The van der Waals surface area contributed by atoms with Crippen LogP contribution in [0.2, 0.25) is 0 Å². The molecular formula is C10H9BrFN3O. The standard InChI is InChI=1S/C10H9BrFN3O/c11-7-1-2-8(12)6(3-7)4-10(16)9-5-13-15-14-9/h1-3,5,10,16H,4H2,(H,13,14,15). The first kappa shape index (κ1) is 11.2. The summed E-state index contributed by atoms with van der Waals surface area (Å²) in [6.45, 7) is 0. The van der Waals surface area contributed by atoms with Gasteiger partial charge in [0.1, 0.15) is 17.6 Å². The molecule has 2 rings (SSSR count). The Labute approximate surface area is 99.6 Å². The molecule has 1 atom stereocenters. The molecule has 0 aliphatic heterocycles. The molecule has 2 aromatic rings. The van der Waals surface area contributed by atoms with Crippen molar-refractivity contribution in [2.75, 3.05) is 0 Å². The van der Waals surface area contributed by atoms with Crippen LogP contribution in [0.1, 0.15) is 17.4 Å². The van der Waals surface area contributed by atoms with Crippen molar-refractivity contribution >= 4 is 15.9 Å². The maximum atomic E-state index is 13.4. The largest absolute Gasteiger partial charge is 0.386 e. The molecule has 16 heavy (non-hydrogen) atoms. The molecule has 1 heterocycles. The van der Waals surface area contributed by atoms with Gasteiger partial charge in [-0.3, -0.25) is 0 Å². The third-order valence-corrected chi connectivity index (χ3v) is 2.69. The van der Waals surface area contributed by atoms with Gasteiger partial charge in [0.05, 0.1) is 6.20 Å². The van der Waals surface area contributed by atoms with E-state index in [-0.39, 0.29) is 12.2 Å². The summed E-state index contributed by atoms with van der Waals surface area (Å²) in [5, 5.41) is 19.5. The summed E-state index contributed by atoms with van der Waals surface area (Å²) in [7, 11) is 0. The topological polar surface area (TPSA) is 61.8 Å². The second-order valence-electron chi connectivity index (χ2n) is 3.35. The van der Waals surface area contributed by atoms with E-state index in [1.54, 1.807) is 12.1 Å². The monoisotopic (exact) mass is 285 g/mol. The van der Waals surface area contributed by atoms with Gasteiger partial charge in [0, 0.05) is 10.9 Å². The number of benzene rings is 1. The number of hydrogen-bond donors (Lipinski definition) is 2. The Morgan fingerprint density at radius 2 is 2.31 bits per heavy atom. The van der Waals surface area contributed by atoms with Crippen molar-refractivity contribution in [2.45, 2.75) is 12.5 Å². The number of H-pyrrole nitrogens is 1. The maximum Gasteiger partial charge on any atom is 0.126 e. The van der Waals surface area contributed by atoms with Crippen molar-refractivity contribution in [1.29, 1.82) is 0 Å². The minimum atomic E-state index is -0.859. The highest BCUT2D eigenvalue weighted by Gasteiger charge is 2.14. The molecule has 2 N–H and O–H groups in total. The van der Waals surface area contributed by atoms with Crippen molar-refractivity contribution in [1.82, 2.24) is 15.4 Å². The normalized spacial score (nSPS) is 12.7. The second-order valence-corrected chi connectivity index (χ2v) is 4.27. The lowest BCUT2D eigenvalue weighted by Crippen LogP contribution is -2.04. The van der Waals surface area contributed by atoms with Crippen LogP contribution < -0.4 is 0 Å². The molecule has 84 valence electrons. The molecule has 6 heteroatoms. The van der Waals surface area contributed by atoms with Gasteiger partial charge in [0.15, 0.2) is 0 Å². The van der Waals surface area contributed by atoms with Crippen molar-refractivity contribution < 1.29 is 9.50 Å². The summed E-state index contributed by atoms with van der Waals surface area (Å²) < 4.78 is 14.2. The van der Waals surface area contributed by atoms with Gasteiger partial charge in [-0.1, -0.05) is 15.9 Å². The summed E-state index contributed by atoms with van der Waals surface area (Å²) in [5.74, 6) is -0.342. The van der Waals surface area contributed by atoms with Crippen LogP contribution in [0.25, 0.3) is 0 Å². The summed E-state index contributed by atoms with van der Waals surface area (Å²) in [6.07, 6.45) is 0.723. The molecule has 0 bridgehead atoms. The molecule has 0 radical (unpaired) electrons. The molecule has 1 unspecified atom stereocenters. The van der Waals surface area contributed by atoms with Crippen LogP contribution >= 0.6 is 15.9 Å². The number of halogens is 2. The molecule has 4 nitrogen and oxygen atoms in total. The quantitative estimate of drug-likeness (QED) is 0.907. The third kappa shape index (κ3) is 2.45. The van der Waals surface area contributed by atoms with Crippen molar-refractivity contribution in [3.05, 3.63) is 45.9 Å². The van der Waals surface area contributed by atoms with Crippen LogP contribution in [0, 0.1) is 5.82 Å². The zero-order chi connectivity index (χ0) is 11.5. The highest BCUT2D eigenvalue weighted by Crippen LogP contribution is 2.21. The van der Waals surface area contributed by atoms with E-state index in [0.29, 0.717) is 11.3 Å². The Bertz CT molecular complexity index is 475. The van der Waals surface area contributed by atoms with Crippen LogP contribution in [0.4, 0.5) is 4.39 Å². The van der Waals surface area contributed by atoms with E-state index in [1.807, 2.05) is 0 Å². The minimum Gasteiger partial charge on any atom is -0.386 e. The fourth-order valence-electron chi connectivity index (χ4n) is 1.38. The molecule has 0 saturated carbocycles. The first-order valence-corrected chi connectivity index (χ1v) is 5.44. The van der Waals surface area contributed by atoms with E-state index in [2.05, 4.69) is 31.3 Å². The number of aromatic amines is 1. The summed E-state index contributed by atoms with van der Waals surface area (Å²) in [5.41, 5.74) is 0.837. The first-order chi connectivity index (χ1) is 7.66. The lowest BCUT2D eigenvalue weighted by molar-refractivity contribution is 0.172. The van der Waals surface area contributed by atoms with Gasteiger partial charge < -0.3 is 5.11 Å². The van der Waals surface area contributed by atoms with Gasteiger partial charge >= 0.3 is 0 Å². The predicted molar refractivity (Wildman–Crippen MR) is 59.1 cm³/mol. The SMILES string of the molecule is OC(Cc1cc(Br)ccc1F)c1cn[nH]n1. The smallest absolute Gasteiger partial charge is 0.126 e. The highest BCUT2D eigenvalue weighted by molar-refractivity contribution is 9.10. The summed E-state index contributed by atoms with van der Waals surface area (Å²) in [4.78, 5) is 0. The Kier molecular flexibility index (Phi) is 3.31. The molecular weight excluding hydrogens is 277 g/mol. The number of nitrogens with zero attached hydrogens (tertiary/aromatic N) is 2. The van der Waals surface area contributed by atoms with Gasteiger partial charge in [0.2, 0.25) is 0 Å². The Hall–Kier alpha value is -1.27. The van der Waals surface area contributed by atoms with E-state index in [4.69, 9.17) is 0 Å². The molecule has 1 aromatic heterocycles. The molecule has 1 aromatic carbocycles. The Morgan fingerprint density at radius 3 is 3.00 bits per heavy atom. The zero-order valence-electron chi connectivity index (χ0n) is 8.19. The van der Waals surface area contributed by atoms with E-state index in [9.17, 15) is 9.50 Å². The van der Waals surface area contributed by atoms with Crippen molar-refractivity contribution in [3.63, 3.8) is 0 Å². The fraction of sp³-hybridized carbons (Fsp3) is 0.200. The number of aliphatic hydroxyl groups excluding tert-OH is 1. The lowest BCUT2D eigenvalue weighted by Gasteiger charge is -2.08. The van der Waals surface area contributed by atoms with Crippen LogP contribution in [-0.4, -0.2) is 20.5 Å². The molecule has 0 aliphatic rings. The number of aliphatic hydroxyl groups is 1. The predicted octanol–water partition coefficient (Wildman–Crippen LogP) is 1.98. The van der Waals surface area contributed by atoms with Crippen LogP contribution in [0.3, 0.4) is 0 Å². The molecule has 0 saturated heterocycles. The lowest BCUT2D eigenvalue weighted by atomic mass is 10.1. The second kappa shape index (κ2) is 4.71. The van der Waals surface area contributed by atoms with Gasteiger partial charge in [0.25, 0.3) is 0 Å². The maximum absolute atomic E-state index is 13.4. The van der Waals surface area contributed by atoms with Crippen LogP contribution in [0.15, 0.2) is 28.9 Å². The van der Waals surface area contributed by atoms with E-state index in [1.165, 1.54) is 12.3 Å². The van der Waals surface area contributed by atoms with Crippen molar-refractivity contribution in [3.8, 4) is 0 Å². The average molecular weight is 286 g/mol.